The molecule has 0 aromatic carbocycles. The van der Waals surface area contributed by atoms with E-state index in [4.69, 9.17) is 0 Å². The van der Waals surface area contributed by atoms with Gasteiger partial charge in [0.15, 0.2) is 0 Å². The van der Waals surface area contributed by atoms with Gasteiger partial charge in [0.05, 0.1) is 6.10 Å². The lowest BCUT2D eigenvalue weighted by atomic mass is 9.51. The van der Waals surface area contributed by atoms with E-state index in [9.17, 15) is 14.7 Å². The summed E-state index contributed by atoms with van der Waals surface area (Å²) >= 11 is 0. The van der Waals surface area contributed by atoms with Gasteiger partial charge in [-0.3, -0.25) is 9.59 Å². The molecule has 0 unspecified atom stereocenters. The Morgan fingerprint density at radius 2 is 1.72 bits per heavy atom. The molecule has 0 aromatic heterocycles. The molecular formula is C24H42N2O3. The second kappa shape index (κ2) is 8.20. The number of carbonyl (C=O) groups is 2. The molecule has 0 aliphatic heterocycles. The fourth-order valence-electron chi connectivity index (χ4n) is 5.99. The van der Waals surface area contributed by atoms with E-state index in [1.54, 1.807) is 0 Å². The van der Waals surface area contributed by atoms with E-state index in [1.165, 1.54) is 0 Å². The van der Waals surface area contributed by atoms with Gasteiger partial charge in [0.25, 0.3) is 0 Å². The largest absolute Gasteiger partial charge is 0.392 e. The van der Waals surface area contributed by atoms with Crippen LogP contribution in [-0.2, 0) is 9.59 Å². The van der Waals surface area contributed by atoms with Crippen molar-refractivity contribution >= 4 is 11.8 Å². The van der Waals surface area contributed by atoms with Gasteiger partial charge in [0.2, 0.25) is 11.8 Å². The van der Waals surface area contributed by atoms with Crippen LogP contribution in [0, 0.1) is 34.5 Å². The molecule has 7 atom stereocenters. The first kappa shape index (κ1) is 22.6. The van der Waals surface area contributed by atoms with Crippen molar-refractivity contribution in [2.24, 2.45) is 34.5 Å². The third kappa shape index (κ3) is 5.15. The Morgan fingerprint density at radius 3 is 2.31 bits per heavy atom. The zero-order valence-electron chi connectivity index (χ0n) is 19.3. The monoisotopic (exact) mass is 406 g/mol. The number of aliphatic hydroxyl groups is 1. The van der Waals surface area contributed by atoms with Crippen LogP contribution in [0.1, 0.15) is 86.5 Å². The fraction of sp³-hybridized carbons (Fsp3) is 0.917. The third-order valence-electron chi connectivity index (χ3n) is 7.90. The number of hydrogen-bond acceptors (Lipinski definition) is 3. The van der Waals surface area contributed by atoms with E-state index < -0.39 is 6.10 Å². The van der Waals surface area contributed by atoms with Crippen LogP contribution < -0.4 is 10.6 Å². The van der Waals surface area contributed by atoms with Crippen molar-refractivity contribution in [1.29, 1.82) is 0 Å². The van der Waals surface area contributed by atoms with Gasteiger partial charge in [-0.05, 0) is 67.1 Å². The van der Waals surface area contributed by atoms with Gasteiger partial charge in [-0.25, -0.2) is 0 Å². The van der Waals surface area contributed by atoms with Crippen molar-refractivity contribution in [3.05, 3.63) is 0 Å². The molecule has 0 heterocycles. The van der Waals surface area contributed by atoms with E-state index in [-0.39, 0.29) is 52.4 Å². The van der Waals surface area contributed by atoms with Gasteiger partial charge < -0.3 is 15.7 Å². The summed E-state index contributed by atoms with van der Waals surface area (Å²) < 4.78 is 0. The lowest BCUT2D eigenvalue weighted by Crippen LogP contribution is -2.58. The summed E-state index contributed by atoms with van der Waals surface area (Å²) in [4.78, 5) is 25.2. The number of nitrogens with one attached hydrogen (secondary N) is 2. The Balaban J connectivity index is 1.68. The quantitative estimate of drug-likeness (QED) is 0.652. The van der Waals surface area contributed by atoms with Crippen LogP contribution >= 0.6 is 0 Å². The molecule has 3 fully saturated rings. The first-order valence-electron chi connectivity index (χ1n) is 11.7. The van der Waals surface area contributed by atoms with Crippen molar-refractivity contribution in [3.63, 3.8) is 0 Å². The second-order valence-corrected chi connectivity index (χ2v) is 11.8. The molecule has 166 valence electrons. The Hall–Kier alpha value is -1.10. The number of rotatable bonds is 5. The van der Waals surface area contributed by atoms with Crippen LogP contribution in [0.3, 0.4) is 0 Å². The summed E-state index contributed by atoms with van der Waals surface area (Å²) in [5, 5.41) is 17.8. The van der Waals surface area contributed by atoms with Crippen molar-refractivity contribution in [2.45, 2.75) is 105 Å². The van der Waals surface area contributed by atoms with E-state index in [0.717, 1.165) is 38.5 Å². The highest BCUT2D eigenvalue weighted by atomic mass is 16.3. The van der Waals surface area contributed by atoms with Crippen molar-refractivity contribution < 1.29 is 14.7 Å². The van der Waals surface area contributed by atoms with Gasteiger partial charge in [0.1, 0.15) is 0 Å². The number of carbonyl (C=O) groups excluding carboxylic acids is 2. The minimum absolute atomic E-state index is 0.00157. The molecule has 3 aliphatic rings. The molecule has 5 nitrogen and oxygen atoms in total. The van der Waals surface area contributed by atoms with Crippen LogP contribution in [0.5, 0.6) is 0 Å². The predicted molar refractivity (Wildman–Crippen MR) is 115 cm³/mol. The number of hydrogen-bond donors (Lipinski definition) is 3. The normalized spacial score (nSPS) is 38.7. The molecule has 29 heavy (non-hydrogen) atoms. The molecule has 0 bridgehead atoms. The van der Waals surface area contributed by atoms with Crippen molar-refractivity contribution in [2.75, 3.05) is 0 Å². The smallest absolute Gasteiger partial charge is 0.223 e. The molecule has 0 spiro atoms. The maximum Gasteiger partial charge on any atom is 0.223 e. The molecule has 0 aromatic rings. The summed E-state index contributed by atoms with van der Waals surface area (Å²) in [7, 11) is 0. The van der Waals surface area contributed by atoms with Gasteiger partial charge in [-0.1, -0.05) is 41.5 Å². The van der Waals surface area contributed by atoms with Gasteiger partial charge in [-0.15, -0.1) is 0 Å². The zero-order chi connectivity index (χ0) is 21.6. The van der Waals surface area contributed by atoms with Gasteiger partial charge in [-0.2, -0.15) is 0 Å². The third-order valence-corrected chi connectivity index (χ3v) is 7.90. The predicted octanol–water partition coefficient (Wildman–Crippen LogP) is 3.65. The van der Waals surface area contributed by atoms with E-state index >= 15 is 0 Å². The maximum atomic E-state index is 12.6. The Bertz CT molecular complexity index is 624. The molecule has 0 radical (unpaired) electrons. The first-order chi connectivity index (χ1) is 13.4. The van der Waals surface area contributed by atoms with Crippen LogP contribution in [0.25, 0.3) is 0 Å². The Labute approximate surface area is 176 Å². The standard InChI is InChI=1S/C24H42N2O3/c1-14(22(29)25-16-7-8-16)17-9-11-24(6)12-10-18(15(2)20(24)21(17)28)26-19(27)13-23(3,4)5/h14-18,20-21,28H,7-13H2,1-6H3,(H,25,29)(H,26,27)/t14-,15+,17-,18-,20+,21-,24-/m0/s1. The number of amides is 2. The molecule has 3 rings (SSSR count). The van der Waals surface area contributed by atoms with Crippen LogP contribution in [0.15, 0.2) is 0 Å². The van der Waals surface area contributed by atoms with E-state index in [1.807, 2.05) is 6.92 Å². The summed E-state index contributed by atoms with van der Waals surface area (Å²) in [5.74, 6) is 0.354. The Morgan fingerprint density at radius 1 is 1.10 bits per heavy atom. The highest BCUT2D eigenvalue weighted by molar-refractivity contribution is 5.79. The zero-order valence-corrected chi connectivity index (χ0v) is 19.3. The van der Waals surface area contributed by atoms with Gasteiger partial charge >= 0.3 is 0 Å². The number of fused-ring (bicyclic) bond motifs is 1. The van der Waals surface area contributed by atoms with Crippen molar-refractivity contribution in [1.82, 2.24) is 10.6 Å². The van der Waals surface area contributed by atoms with E-state index in [2.05, 4.69) is 45.3 Å². The maximum absolute atomic E-state index is 12.6. The molecule has 3 aliphatic carbocycles. The second-order valence-electron chi connectivity index (χ2n) is 11.8. The topological polar surface area (TPSA) is 78.4 Å². The van der Waals surface area contributed by atoms with Crippen molar-refractivity contribution in [3.8, 4) is 0 Å². The lowest BCUT2D eigenvalue weighted by molar-refractivity contribution is -0.144. The molecule has 3 saturated carbocycles. The highest BCUT2D eigenvalue weighted by Crippen LogP contribution is 2.55. The van der Waals surface area contributed by atoms with Crippen LogP contribution in [-0.4, -0.2) is 35.1 Å². The summed E-state index contributed by atoms with van der Waals surface area (Å²) in [6.45, 7) is 12.7. The molecule has 0 saturated heterocycles. The lowest BCUT2D eigenvalue weighted by Gasteiger charge is -2.56. The summed E-state index contributed by atoms with van der Waals surface area (Å²) in [6, 6.07) is 0.457. The fourth-order valence-corrected chi connectivity index (χ4v) is 5.99. The molecule has 5 heteroatoms. The van der Waals surface area contributed by atoms with Gasteiger partial charge in [0, 0.05) is 24.4 Å². The minimum atomic E-state index is -0.494. The average Bonchev–Trinajstić information content (AvgIpc) is 3.39. The van der Waals surface area contributed by atoms with Crippen LogP contribution in [0.2, 0.25) is 0 Å². The minimum Gasteiger partial charge on any atom is -0.392 e. The van der Waals surface area contributed by atoms with E-state index in [0.29, 0.717) is 12.5 Å². The Kier molecular flexibility index (Phi) is 6.39. The summed E-state index contributed by atoms with van der Waals surface area (Å²) in [6.07, 6.45) is 6.13. The molecule has 3 N–H and O–H groups in total. The molecular weight excluding hydrogens is 364 g/mol. The first-order valence-corrected chi connectivity index (χ1v) is 11.7. The SMILES string of the molecule is C[C@H]1[C@@H]2[C@@H](O)[C@H]([C@H](C)C(=O)NC3CC3)CC[C@@]2(C)CC[C@@H]1NC(=O)CC(C)(C)C. The van der Waals surface area contributed by atoms with Crippen LogP contribution in [0.4, 0.5) is 0 Å². The number of aliphatic hydroxyl groups excluding tert-OH is 1. The molecule has 2 amide bonds. The highest BCUT2D eigenvalue weighted by Gasteiger charge is 2.54. The summed E-state index contributed by atoms with van der Waals surface area (Å²) in [5.41, 5.74) is 0.0591. The average molecular weight is 407 g/mol.